The summed E-state index contributed by atoms with van der Waals surface area (Å²) < 4.78 is 5.57. The van der Waals surface area contributed by atoms with Gasteiger partial charge in [0.05, 0.1) is 11.5 Å². The first kappa shape index (κ1) is 17.4. The molecule has 1 aromatic rings. The minimum Gasteiger partial charge on any atom is -0.487 e. The molecule has 118 valence electrons. The second kappa shape index (κ2) is 10.1. The first-order valence-corrected chi connectivity index (χ1v) is 7.40. The van der Waals surface area contributed by atoms with E-state index in [1.807, 2.05) is 6.92 Å². The number of nitrogens with one attached hydrogen (secondary N) is 1. The van der Waals surface area contributed by atoms with E-state index in [0.717, 1.165) is 37.8 Å². The number of nitro groups is 1. The summed E-state index contributed by atoms with van der Waals surface area (Å²) in [6.45, 7) is 4.18. The van der Waals surface area contributed by atoms with Crippen LogP contribution in [0.25, 0.3) is 0 Å². The van der Waals surface area contributed by atoms with Gasteiger partial charge in [0.15, 0.2) is 5.75 Å². The predicted octanol–water partition coefficient (Wildman–Crippen LogP) is 2.64. The lowest BCUT2D eigenvalue weighted by molar-refractivity contribution is -0.385. The fourth-order valence-corrected chi connectivity index (χ4v) is 1.95. The zero-order valence-corrected chi connectivity index (χ0v) is 12.5. The van der Waals surface area contributed by atoms with Crippen LogP contribution in [0.3, 0.4) is 0 Å². The van der Waals surface area contributed by atoms with Crippen LogP contribution in [-0.2, 0) is 6.54 Å². The molecule has 0 atom stereocenters. The Labute approximate surface area is 125 Å². The molecule has 1 rings (SSSR count). The van der Waals surface area contributed by atoms with Crippen LogP contribution in [0.2, 0.25) is 0 Å². The fraction of sp³-hybridized carbons (Fsp3) is 0.600. The quantitative estimate of drug-likeness (QED) is 0.372. The number of benzene rings is 1. The Hall–Kier alpha value is -1.66. The third-order valence-corrected chi connectivity index (χ3v) is 3.11. The average molecular weight is 296 g/mol. The largest absolute Gasteiger partial charge is 0.487 e. The topological polar surface area (TPSA) is 84.6 Å². The number of aliphatic hydroxyl groups excluding tert-OH is 1. The van der Waals surface area contributed by atoms with Crippen LogP contribution < -0.4 is 10.1 Å². The van der Waals surface area contributed by atoms with Gasteiger partial charge in [0.1, 0.15) is 0 Å². The zero-order chi connectivity index (χ0) is 15.5. The fourth-order valence-electron chi connectivity index (χ4n) is 1.95. The molecule has 0 radical (unpaired) electrons. The van der Waals surface area contributed by atoms with Gasteiger partial charge in [0.25, 0.3) is 0 Å². The molecule has 21 heavy (non-hydrogen) atoms. The third kappa shape index (κ3) is 6.55. The Morgan fingerprint density at radius 3 is 2.71 bits per heavy atom. The van der Waals surface area contributed by atoms with Crippen LogP contribution in [0.5, 0.6) is 5.75 Å². The van der Waals surface area contributed by atoms with Crippen molar-refractivity contribution in [2.45, 2.75) is 39.2 Å². The van der Waals surface area contributed by atoms with Gasteiger partial charge in [0.2, 0.25) is 0 Å². The number of hydrogen-bond acceptors (Lipinski definition) is 5. The van der Waals surface area contributed by atoms with Gasteiger partial charge in [0, 0.05) is 19.2 Å². The number of hydrogen-bond donors (Lipinski definition) is 2. The van der Waals surface area contributed by atoms with Crippen molar-refractivity contribution >= 4 is 5.69 Å². The summed E-state index contributed by atoms with van der Waals surface area (Å²) in [7, 11) is 0. The van der Waals surface area contributed by atoms with Gasteiger partial charge in [-0.3, -0.25) is 10.1 Å². The molecule has 0 fully saturated rings. The molecular weight excluding hydrogens is 272 g/mol. The molecule has 0 aliphatic carbocycles. The molecule has 0 aliphatic rings. The summed E-state index contributed by atoms with van der Waals surface area (Å²) in [5, 5.41) is 22.9. The lowest BCUT2D eigenvalue weighted by Crippen LogP contribution is -2.12. The van der Waals surface area contributed by atoms with E-state index < -0.39 is 4.92 Å². The zero-order valence-electron chi connectivity index (χ0n) is 12.5. The van der Waals surface area contributed by atoms with Crippen molar-refractivity contribution < 1.29 is 14.8 Å². The van der Waals surface area contributed by atoms with Gasteiger partial charge >= 0.3 is 5.69 Å². The molecule has 0 aliphatic heterocycles. The molecule has 0 bridgehead atoms. The standard InChI is InChI=1S/C15H24N2O4/c1-2-16-12-13-7-8-14(17(19)20)15(11-13)21-10-6-4-3-5-9-18/h7-8,11,16,18H,2-6,9-10,12H2,1H3. The number of aliphatic hydroxyl groups is 1. The number of unbranched alkanes of at least 4 members (excludes halogenated alkanes) is 3. The van der Waals surface area contributed by atoms with Gasteiger partial charge in [-0.1, -0.05) is 19.4 Å². The highest BCUT2D eigenvalue weighted by molar-refractivity contribution is 5.48. The lowest BCUT2D eigenvalue weighted by atomic mass is 10.2. The third-order valence-electron chi connectivity index (χ3n) is 3.11. The summed E-state index contributed by atoms with van der Waals surface area (Å²) in [6.07, 6.45) is 3.51. The van der Waals surface area contributed by atoms with E-state index in [1.54, 1.807) is 12.1 Å². The van der Waals surface area contributed by atoms with Gasteiger partial charge in [-0.05, 0) is 37.4 Å². The second-order valence-corrected chi connectivity index (χ2v) is 4.83. The van der Waals surface area contributed by atoms with E-state index in [2.05, 4.69) is 5.32 Å². The molecule has 0 amide bonds. The molecular formula is C15H24N2O4. The first-order valence-electron chi connectivity index (χ1n) is 7.40. The van der Waals surface area contributed by atoms with E-state index in [4.69, 9.17) is 9.84 Å². The van der Waals surface area contributed by atoms with Crippen LogP contribution in [0.4, 0.5) is 5.69 Å². The van der Waals surface area contributed by atoms with Crippen molar-refractivity contribution in [1.82, 2.24) is 5.32 Å². The molecule has 6 heteroatoms. The predicted molar refractivity (Wildman–Crippen MR) is 81.5 cm³/mol. The highest BCUT2D eigenvalue weighted by Gasteiger charge is 2.15. The molecule has 0 spiro atoms. The van der Waals surface area contributed by atoms with Gasteiger partial charge in [-0.15, -0.1) is 0 Å². The Morgan fingerprint density at radius 2 is 2.05 bits per heavy atom. The maximum atomic E-state index is 11.0. The van der Waals surface area contributed by atoms with Gasteiger partial charge in [-0.2, -0.15) is 0 Å². The molecule has 0 saturated carbocycles. The minimum absolute atomic E-state index is 0.00519. The molecule has 0 unspecified atom stereocenters. The highest BCUT2D eigenvalue weighted by Crippen LogP contribution is 2.28. The lowest BCUT2D eigenvalue weighted by Gasteiger charge is -2.09. The molecule has 0 heterocycles. The molecule has 0 aromatic heterocycles. The van der Waals surface area contributed by atoms with E-state index >= 15 is 0 Å². The molecule has 0 saturated heterocycles. The SMILES string of the molecule is CCNCc1ccc([N+](=O)[O-])c(OCCCCCCO)c1. The highest BCUT2D eigenvalue weighted by atomic mass is 16.6. The van der Waals surface area contributed by atoms with Crippen LogP contribution in [0.15, 0.2) is 18.2 Å². The first-order chi connectivity index (χ1) is 10.2. The Kier molecular flexibility index (Phi) is 8.38. The van der Waals surface area contributed by atoms with E-state index in [-0.39, 0.29) is 12.3 Å². The molecule has 1 aromatic carbocycles. The number of rotatable bonds is 11. The summed E-state index contributed by atoms with van der Waals surface area (Å²) in [6, 6.07) is 4.97. The molecule has 6 nitrogen and oxygen atoms in total. The monoisotopic (exact) mass is 296 g/mol. The maximum absolute atomic E-state index is 11.0. The van der Waals surface area contributed by atoms with Crippen molar-refractivity contribution in [2.75, 3.05) is 19.8 Å². The summed E-state index contributed by atoms with van der Waals surface area (Å²) in [5.74, 6) is 0.331. The summed E-state index contributed by atoms with van der Waals surface area (Å²) in [5.41, 5.74) is 0.975. The summed E-state index contributed by atoms with van der Waals surface area (Å²) in [4.78, 5) is 10.6. The van der Waals surface area contributed by atoms with Crippen LogP contribution in [0.1, 0.15) is 38.2 Å². The van der Waals surface area contributed by atoms with Crippen LogP contribution >= 0.6 is 0 Å². The minimum atomic E-state index is -0.419. The second-order valence-electron chi connectivity index (χ2n) is 4.83. The van der Waals surface area contributed by atoms with Crippen molar-refractivity contribution in [3.8, 4) is 5.75 Å². The average Bonchev–Trinajstić information content (AvgIpc) is 2.48. The Bertz CT molecular complexity index is 438. The van der Waals surface area contributed by atoms with Gasteiger partial charge < -0.3 is 15.2 Å². The number of nitrogens with zero attached hydrogens (tertiary/aromatic N) is 1. The molecule has 2 N–H and O–H groups in total. The van der Waals surface area contributed by atoms with Crippen LogP contribution in [-0.4, -0.2) is 29.8 Å². The van der Waals surface area contributed by atoms with Crippen LogP contribution in [0, 0.1) is 10.1 Å². The van der Waals surface area contributed by atoms with Crippen molar-refractivity contribution in [2.24, 2.45) is 0 Å². The van der Waals surface area contributed by atoms with Gasteiger partial charge in [-0.25, -0.2) is 0 Å². The Morgan fingerprint density at radius 1 is 1.29 bits per heavy atom. The normalized spacial score (nSPS) is 10.6. The van der Waals surface area contributed by atoms with Crippen molar-refractivity contribution in [3.63, 3.8) is 0 Å². The van der Waals surface area contributed by atoms with E-state index in [0.29, 0.717) is 18.9 Å². The maximum Gasteiger partial charge on any atom is 0.310 e. The van der Waals surface area contributed by atoms with E-state index in [9.17, 15) is 10.1 Å². The summed E-state index contributed by atoms with van der Waals surface area (Å²) >= 11 is 0. The smallest absolute Gasteiger partial charge is 0.310 e. The number of ether oxygens (including phenoxy) is 1. The Balaban J connectivity index is 2.57. The number of nitro benzene ring substituents is 1. The van der Waals surface area contributed by atoms with Crippen molar-refractivity contribution in [3.05, 3.63) is 33.9 Å². The van der Waals surface area contributed by atoms with Crippen molar-refractivity contribution in [1.29, 1.82) is 0 Å². The van der Waals surface area contributed by atoms with E-state index in [1.165, 1.54) is 6.07 Å².